The molecule has 0 radical (unpaired) electrons. The zero-order valence-corrected chi connectivity index (χ0v) is 25.9. The van der Waals surface area contributed by atoms with E-state index in [2.05, 4.69) is 20.8 Å². The zero-order chi connectivity index (χ0) is 30.2. The van der Waals surface area contributed by atoms with Gasteiger partial charge in [0.05, 0.1) is 28.6 Å². The van der Waals surface area contributed by atoms with Gasteiger partial charge in [-0.1, -0.05) is 53.0 Å². The number of nitrogens with one attached hydrogen (secondary N) is 2. The van der Waals surface area contributed by atoms with E-state index < -0.39 is 0 Å². The van der Waals surface area contributed by atoms with Crippen LogP contribution in [-0.4, -0.2) is 23.7 Å². The minimum Gasteiger partial charge on any atom is -0.490 e. The van der Waals surface area contributed by atoms with Crippen molar-refractivity contribution in [1.29, 1.82) is 0 Å². The summed E-state index contributed by atoms with van der Waals surface area (Å²) >= 11 is 19.5. The lowest BCUT2D eigenvalue weighted by atomic mass is 10.1. The smallest absolute Gasteiger partial charge is 0.271 e. The van der Waals surface area contributed by atoms with E-state index in [-0.39, 0.29) is 5.91 Å². The molecular formula is C32H25Cl3N4O3S. The van der Waals surface area contributed by atoms with Crippen LogP contribution in [0.1, 0.15) is 28.4 Å². The number of aromatic nitrogens is 1. The van der Waals surface area contributed by atoms with Gasteiger partial charge in [-0.05, 0) is 84.8 Å². The molecule has 5 aromatic rings. The number of benzene rings is 4. The maximum Gasteiger partial charge on any atom is 0.271 e. The molecule has 0 bridgehead atoms. The van der Waals surface area contributed by atoms with Crippen LogP contribution in [0.5, 0.6) is 11.5 Å². The van der Waals surface area contributed by atoms with Gasteiger partial charge in [-0.25, -0.2) is 10.4 Å². The molecular weight excluding hydrogens is 627 g/mol. The van der Waals surface area contributed by atoms with Crippen molar-refractivity contribution in [2.45, 2.75) is 13.5 Å². The summed E-state index contributed by atoms with van der Waals surface area (Å²) in [6.45, 7) is 2.64. The summed E-state index contributed by atoms with van der Waals surface area (Å²) < 4.78 is 11.7. The molecule has 0 aliphatic carbocycles. The van der Waals surface area contributed by atoms with Gasteiger partial charge >= 0.3 is 0 Å². The highest BCUT2D eigenvalue weighted by Gasteiger charge is 2.10. The lowest BCUT2D eigenvalue weighted by molar-refractivity contribution is 0.0955. The van der Waals surface area contributed by atoms with Gasteiger partial charge in [-0.2, -0.15) is 5.10 Å². The van der Waals surface area contributed by atoms with Gasteiger partial charge in [0.15, 0.2) is 16.6 Å². The predicted molar refractivity (Wildman–Crippen MR) is 176 cm³/mol. The number of thiazole rings is 1. The lowest BCUT2D eigenvalue weighted by Gasteiger charge is -2.13. The van der Waals surface area contributed by atoms with Crippen LogP contribution in [0, 0.1) is 0 Å². The summed E-state index contributed by atoms with van der Waals surface area (Å²) in [5, 5.41) is 11.7. The van der Waals surface area contributed by atoms with Crippen LogP contribution in [0.25, 0.3) is 11.3 Å². The second kappa shape index (κ2) is 14.4. The number of nitrogens with zero attached hydrogens (tertiary/aromatic N) is 2. The van der Waals surface area contributed by atoms with Crippen molar-refractivity contribution >= 4 is 69.1 Å². The molecule has 1 amide bonds. The fourth-order valence-electron chi connectivity index (χ4n) is 3.93. The van der Waals surface area contributed by atoms with E-state index in [0.29, 0.717) is 45.3 Å². The number of anilines is 2. The lowest BCUT2D eigenvalue weighted by Crippen LogP contribution is -2.17. The first kappa shape index (κ1) is 30.4. The Morgan fingerprint density at radius 3 is 2.44 bits per heavy atom. The third-order valence-corrected chi connectivity index (χ3v) is 7.82. The second-order valence-corrected chi connectivity index (χ2v) is 11.2. The minimum atomic E-state index is -0.335. The fraction of sp³-hybridized carbons (Fsp3) is 0.0938. The molecule has 43 heavy (non-hydrogen) atoms. The van der Waals surface area contributed by atoms with Crippen LogP contribution in [0.4, 0.5) is 10.8 Å². The number of ether oxygens (including phenoxy) is 2. The van der Waals surface area contributed by atoms with E-state index in [0.717, 1.165) is 33.2 Å². The molecule has 0 aliphatic heterocycles. The Labute approximate surface area is 268 Å². The average Bonchev–Trinajstić information content (AvgIpc) is 3.48. The van der Waals surface area contributed by atoms with Gasteiger partial charge in [-0.15, -0.1) is 11.3 Å². The minimum absolute atomic E-state index is 0.295. The first-order chi connectivity index (χ1) is 20.9. The summed E-state index contributed by atoms with van der Waals surface area (Å²) in [4.78, 5) is 17.3. The van der Waals surface area contributed by atoms with Gasteiger partial charge in [-0.3, -0.25) is 4.79 Å². The zero-order valence-electron chi connectivity index (χ0n) is 22.8. The Morgan fingerprint density at radius 2 is 1.70 bits per heavy atom. The van der Waals surface area contributed by atoms with E-state index in [4.69, 9.17) is 44.3 Å². The highest BCUT2D eigenvalue weighted by atomic mass is 35.5. The Balaban J connectivity index is 1.17. The topological polar surface area (TPSA) is 84.8 Å². The Morgan fingerprint density at radius 1 is 0.907 bits per heavy atom. The van der Waals surface area contributed by atoms with Gasteiger partial charge < -0.3 is 14.8 Å². The Kier molecular flexibility index (Phi) is 10.2. The number of carbonyl (C=O) groups is 1. The number of halogens is 3. The molecule has 5 rings (SSSR count). The summed E-state index contributed by atoms with van der Waals surface area (Å²) in [5.41, 5.74) is 7.24. The molecule has 0 spiro atoms. The van der Waals surface area contributed by atoms with Crippen molar-refractivity contribution in [3.05, 3.63) is 122 Å². The number of hydrogen-bond acceptors (Lipinski definition) is 7. The van der Waals surface area contributed by atoms with Crippen LogP contribution in [0.3, 0.4) is 0 Å². The Hall–Kier alpha value is -4.08. The highest BCUT2D eigenvalue weighted by molar-refractivity contribution is 7.14. The Bertz CT molecular complexity index is 1740. The third-order valence-electron chi connectivity index (χ3n) is 6.07. The van der Waals surface area contributed by atoms with E-state index in [1.807, 2.05) is 60.8 Å². The first-order valence-electron chi connectivity index (χ1n) is 13.1. The molecule has 1 aromatic heterocycles. The monoisotopic (exact) mass is 650 g/mol. The normalized spacial score (nSPS) is 11.0. The molecule has 11 heteroatoms. The van der Waals surface area contributed by atoms with E-state index in [1.165, 1.54) is 11.3 Å². The van der Waals surface area contributed by atoms with Gasteiger partial charge in [0, 0.05) is 27.2 Å². The SMILES string of the molecule is CCOc1cc(/C=N\NC(=O)c2ccc(-c3csc(Nc4ccc(Cl)cc4)n3)cc2)ccc1OCc1ccc(Cl)c(Cl)c1. The van der Waals surface area contributed by atoms with Crippen LogP contribution < -0.4 is 20.2 Å². The van der Waals surface area contributed by atoms with Crippen molar-refractivity contribution in [1.82, 2.24) is 10.4 Å². The van der Waals surface area contributed by atoms with E-state index in [1.54, 1.807) is 42.6 Å². The standard InChI is InChI=1S/C32H25Cl3N4O3S/c1-2-41-30-16-20(4-14-29(30)42-18-21-3-13-26(34)27(35)15-21)17-36-39-31(40)23-7-5-22(6-8-23)28-19-43-32(38-28)37-25-11-9-24(33)10-12-25/h3-17,19H,2,18H2,1H3,(H,37,38)(H,39,40)/b36-17-. The van der Waals surface area contributed by atoms with Crippen molar-refractivity contribution in [2.24, 2.45) is 5.10 Å². The van der Waals surface area contributed by atoms with Crippen molar-refractivity contribution in [2.75, 3.05) is 11.9 Å². The number of rotatable bonds is 11. The van der Waals surface area contributed by atoms with E-state index >= 15 is 0 Å². The molecule has 0 unspecified atom stereocenters. The molecule has 4 aromatic carbocycles. The maximum atomic E-state index is 12.7. The number of hydrazone groups is 1. The van der Waals surface area contributed by atoms with Crippen molar-refractivity contribution in [3.63, 3.8) is 0 Å². The third kappa shape index (κ3) is 8.27. The maximum absolute atomic E-state index is 12.7. The number of amides is 1. The van der Waals surface area contributed by atoms with Crippen LogP contribution in [-0.2, 0) is 6.61 Å². The number of carbonyl (C=O) groups excluding carboxylic acids is 1. The molecule has 0 atom stereocenters. The summed E-state index contributed by atoms with van der Waals surface area (Å²) in [6.07, 6.45) is 1.54. The van der Waals surface area contributed by atoms with Crippen molar-refractivity contribution in [3.8, 4) is 22.8 Å². The summed E-state index contributed by atoms with van der Waals surface area (Å²) in [7, 11) is 0. The molecule has 0 saturated heterocycles. The summed E-state index contributed by atoms with van der Waals surface area (Å²) in [5.74, 6) is 0.793. The molecule has 7 nitrogen and oxygen atoms in total. The van der Waals surface area contributed by atoms with Crippen molar-refractivity contribution < 1.29 is 14.3 Å². The van der Waals surface area contributed by atoms with E-state index in [9.17, 15) is 4.79 Å². The fourth-order valence-corrected chi connectivity index (χ4v) is 5.11. The van der Waals surface area contributed by atoms with Gasteiger partial charge in [0.1, 0.15) is 6.61 Å². The molecule has 218 valence electrons. The quantitative estimate of drug-likeness (QED) is 0.110. The molecule has 0 aliphatic rings. The highest BCUT2D eigenvalue weighted by Crippen LogP contribution is 2.30. The van der Waals surface area contributed by atoms with Gasteiger partial charge in [0.2, 0.25) is 0 Å². The molecule has 2 N–H and O–H groups in total. The largest absolute Gasteiger partial charge is 0.490 e. The molecule has 1 heterocycles. The number of hydrogen-bond donors (Lipinski definition) is 2. The van der Waals surface area contributed by atoms with Crippen LogP contribution in [0.2, 0.25) is 15.1 Å². The molecule has 0 fully saturated rings. The van der Waals surface area contributed by atoms with Gasteiger partial charge in [0.25, 0.3) is 5.91 Å². The second-order valence-electron chi connectivity index (χ2n) is 9.12. The first-order valence-corrected chi connectivity index (χ1v) is 15.1. The predicted octanol–water partition coefficient (Wildman–Crippen LogP) is 9.26. The van der Waals surface area contributed by atoms with Crippen LogP contribution >= 0.6 is 46.1 Å². The summed E-state index contributed by atoms with van der Waals surface area (Å²) in [6, 6.07) is 25.3. The van der Waals surface area contributed by atoms with Crippen LogP contribution in [0.15, 0.2) is 95.4 Å². The average molecular weight is 652 g/mol. The molecule has 0 saturated carbocycles.